The Labute approximate surface area is 157 Å². The number of anilines is 2. The highest BCUT2D eigenvalue weighted by Gasteiger charge is 2.30. The number of hydrogen-bond donors (Lipinski definition) is 2. The fraction of sp³-hybridized carbons (Fsp3) is 0.0500. The summed E-state index contributed by atoms with van der Waals surface area (Å²) in [6, 6.07) is 13.7. The third kappa shape index (κ3) is 3.20. The molecule has 0 fully saturated rings. The van der Waals surface area contributed by atoms with Gasteiger partial charge in [-0.25, -0.2) is 15.0 Å². The van der Waals surface area contributed by atoms with Gasteiger partial charge in [-0.05, 0) is 30.3 Å². The molecule has 0 saturated carbocycles. The quantitative estimate of drug-likeness (QED) is 0.498. The van der Waals surface area contributed by atoms with Crippen molar-refractivity contribution in [2.45, 2.75) is 6.18 Å². The van der Waals surface area contributed by atoms with Gasteiger partial charge in [0.05, 0.1) is 28.2 Å². The fourth-order valence-corrected chi connectivity index (χ4v) is 2.93. The van der Waals surface area contributed by atoms with Crippen molar-refractivity contribution >= 4 is 22.4 Å². The van der Waals surface area contributed by atoms with E-state index < -0.39 is 11.7 Å². The molecule has 0 bridgehead atoms. The van der Waals surface area contributed by atoms with Gasteiger partial charge < -0.3 is 11.5 Å². The van der Waals surface area contributed by atoms with Gasteiger partial charge >= 0.3 is 6.18 Å². The lowest BCUT2D eigenvalue weighted by Crippen LogP contribution is -2.04. The molecule has 0 spiro atoms. The van der Waals surface area contributed by atoms with Crippen LogP contribution in [0.25, 0.3) is 33.4 Å². The highest BCUT2D eigenvalue weighted by molar-refractivity contribution is 5.94. The second-order valence-electron chi connectivity index (χ2n) is 6.20. The fourth-order valence-electron chi connectivity index (χ4n) is 2.93. The van der Waals surface area contributed by atoms with Crippen molar-refractivity contribution in [1.82, 2.24) is 15.0 Å². The predicted octanol–water partition coefficient (Wildman–Crippen LogP) is 4.54. The number of hydrogen-bond acceptors (Lipinski definition) is 5. The maximum atomic E-state index is 12.8. The molecule has 0 amide bonds. The van der Waals surface area contributed by atoms with Gasteiger partial charge in [-0.3, -0.25) is 0 Å². The standard InChI is InChI=1S/C20H14F3N5/c21-20(22,23)13-6-4-11(5-7-13)16-9-17(27-10-26-16)14-8-12-2-1-3-15(24)18(12)28-19(14)25/h1-10H,24H2,(H2,25,28). The number of pyridine rings is 1. The zero-order valence-electron chi connectivity index (χ0n) is 14.4. The van der Waals surface area contributed by atoms with Crippen LogP contribution in [0.3, 0.4) is 0 Å². The van der Waals surface area contributed by atoms with Gasteiger partial charge in [0.15, 0.2) is 0 Å². The second-order valence-corrected chi connectivity index (χ2v) is 6.20. The SMILES string of the molecule is Nc1nc2c(N)cccc2cc1-c1cc(-c2ccc(C(F)(F)F)cc2)ncn1. The van der Waals surface area contributed by atoms with Crippen molar-refractivity contribution in [3.63, 3.8) is 0 Å². The first-order valence-corrected chi connectivity index (χ1v) is 8.28. The van der Waals surface area contributed by atoms with Gasteiger partial charge in [-0.15, -0.1) is 0 Å². The van der Waals surface area contributed by atoms with E-state index in [1.54, 1.807) is 12.1 Å². The average Bonchev–Trinajstić information content (AvgIpc) is 2.68. The Balaban J connectivity index is 1.77. The van der Waals surface area contributed by atoms with E-state index in [1.807, 2.05) is 18.2 Å². The number of nitrogens with zero attached hydrogens (tertiary/aromatic N) is 3. The van der Waals surface area contributed by atoms with Crippen molar-refractivity contribution in [3.8, 4) is 22.5 Å². The summed E-state index contributed by atoms with van der Waals surface area (Å²) in [4.78, 5) is 12.8. The summed E-state index contributed by atoms with van der Waals surface area (Å²) in [5.74, 6) is 0.252. The number of alkyl halides is 3. The van der Waals surface area contributed by atoms with Crippen LogP contribution in [0.4, 0.5) is 24.7 Å². The number of aromatic nitrogens is 3. The zero-order valence-corrected chi connectivity index (χ0v) is 14.4. The van der Waals surface area contributed by atoms with E-state index in [1.165, 1.54) is 18.5 Å². The third-order valence-electron chi connectivity index (χ3n) is 4.36. The van der Waals surface area contributed by atoms with Crippen LogP contribution in [0.1, 0.15) is 5.56 Å². The third-order valence-corrected chi connectivity index (χ3v) is 4.36. The van der Waals surface area contributed by atoms with Gasteiger partial charge in [0.1, 0.15) is 12.1 Å². The summed E-state index contributed by atoms with van der Waals surface area (Å²) >= 11 is 0. The molecule has 0 aliphatic carbocycles. The molecule has 0 unspecified atom stereocenters. The Morgan fingerprint density at radius 1 is 0.821 bits per heavy atom. The molecule has 0 aliphatic heterocycles. The molecule has 4 N–H and O–H groups in total. The van der Waals surface area contributed by atoms with Crippen molar-refractivity contribution < 1.29 is 13.2 Å². The molecular weight excluding hydrogens is 367 g/mol. The molecule has 0 aliphatic rings. The van der Waals surface area contributed by atoms with E-state index in [2.05, 4.69) is 15.0 Å². The minimum atomic E-state index is -4.39. The zero-order chi connectivity index (χ0) is 19.9. The molecule has 4 aromatic rings. The second kappa shape index (κ2) is 6.49. The van der Waals surface area contributed by atoms with Crippen LogP contribution >= 0.6 is 0 Å². The first-order chi connectivity index (χ1) is 13.3. The van der Waals surface area contributed by atoms with Crippen molar-refractivity contribution in [1.29, 1.82) is 0 Å². The summed E-state index contributed by atoms with van der Waals surface area (Å²) in [6.45, 7) is 0. The van der Waals surface area contributed by atoms with Crippen LogP contribution in [-0.2, 0) is 6.18 Å². The Kier molecular flexibility index (Phi) is 4.11. The van der Waals surface area contributed by atoms with Crippen molar-refractivity contribution in [3.05, 3.63) is 66.5 Å². The van der Waals surface area contributed by atoms with Gasteiger partial charge in [0.25, 0.3) is 0 Å². The van der Waals surface area contributed by atoms with E-state index in [0.29, 0.717) is 33.7 Å². The number of rotatable bonds is 2. The molecular formula is C20H14F3N5. The van der Waals surface area contributed by atoms with E-state index in [0.717, 1.165) is 17.5 Å². The van der Waals surface area contributed by atoms with E-state index in [-0.39, 0.29) is 5.82 Å². The number of nitrogens with two attached hydrogens (primary N) is 2. The highest BCUT2D eigenvalue weighted by atomic mass is 19.4. The minimum absolute atomic E-state index is 0.252. The first kappa shape index (κ1) is 17.7. The molecule has 5 nitrogen and oxygen atoms in total. The maximum Gasteiger partial charge on any atom is 0.416 e. The number of halogens is 3. The molecule has 0 atom stereocenters. The Bertz CT molecular complexity index is 1170. The van der Waals surface area contributed by atoms with E-state index in [9.17, 15) is 13.2 Å². The number of fused-ring (bicyclic) bond motifs is 1. The van der Waals surface area contributed by atoms with Crippen LogP contribution in [0.15, 0.2) is 60.9 Å². The molecule has 28 heavy (non-hydrogen) atoms. The lowest BCUT2D eigenvalue weighted by molar-refractivity contribution is -0.137. The Hall–Kier alpha value is -3.68. The summed E-state index contributed by atoms with van der Waals surface area (Å²) in [6.07, 6.45) is -3.05. The Morgan fingerprint density at radius 3 is 2.25 bits per heavy atom. The minimum Gasteiger partial charge on any atom is -0.397 e. The van der Waals surface area contributed by atoms with Crippen LogP contribution in [0, 0.1) is 0 Å². The van der Waals surface area contributed by atoms with E-state index >= 15 is 0 Å². The van der Waals surface area contributed by atoms with E-state index in [4.69, 9.17) is 11.5 Å². The predicted molar refractivity (Wildman–Crippen MR) is 102 cm³/mol. The van der Waals surface area contributed by atoms with Gasteiger partial charge in [-0.2, -0.15) is 13.2 Å². The lowest BCUT2D eigenvalue weighted by atomic mass is 10.0. The highest BCUT2D eigenvalue weighted by Crippen LogP contribution is 2.33. The topological polar surface area (TPSA) is 90.7 Å². The monoisotopic (exact) mass is 381 g/mol. The summed E-state index contributed by atoms with van der Waals surface area (Å²) in [7, 11) is 0. The smallest absolute Gasteiger partial charge is 0.397 e. The molecule has 2 aromatic heterocycles. The van der Waals surface area contributed by atoms with Gasteiger partial charge in [-0.1, -0.05) is 24.3 Å². The summed E-state index contributed by atoms with van der Waals surface area (Å²) in [5.41, 5.74) is 14.5. The molecule has 0 radical (unpaired) electrons. The summed E-state index contributed by atoms with van der Waals surface area (Å²) in [5, 5.41) is 0.805. The van der Waals surface area contributed by atoms with Crippen LogP contribution < -0.4 is 11.5 Å². The Morgan fingerprint density at radius 2 is 1.54 bits per heavy atom. The molecule has 2 aromatic carbocycles. The average molecular weight is 381 g/mol. The number of para-hydroxylation sites is 1. The molecule has 2 heterocycles. The van der Waals surface area contributed by atoms with Crippen LogP contribution in [-0.4, -0.2) is 15.0 Å². The van der Waals surface area contributed by atoms with Gasteiger partial charge in [0.2, 0.25) is 0 Å². The molecule has 4 rings (SSSR count). The van der Waals surface area contributed by atoms with Gasteiger partial charge in [0, 0.05) is 16.5 Å². The first-order valence-electron chi connectivity index (χ1n) is 8.28. The largest absolute Gasteiger partial charge is 0.416 e. The number of benzene rings is 2. The molecule has 8 heteroatoms. The summed E-state index contributed by atoms with van der Waals surface area (Å²) < 4.78 is 38.3. The van der Waals surface area contributed by atoms with Crippen LogP contribution in [0.2, 0.25) is 0 Å². The van der Waals surface area contributed by atoms with Crippen LogP contribution in [0.5, 0.6) is 0 Å². The van der Waals surface area contributed by atoms with Crippen molar-refractivity contribution in [2.75, 3.05) is 11.5 Å². The molecule has 0 saturated heterocycles. The lowest BCUT2D eigenvalue weighted by Gasteiger charge is -2.10. The molecule has 140 valence electrons. The normalized spacial score (nSPS) is 11.7. The maximum absolute atomic E-state index is 12.8. The number of nitrogen functional groups attached to an aromatic ring is 2. The van der Waals surface area contributed by atoms with Crippen molar-refractivity contribution in [2.24, 2.45) is 0 Å².